The first kappa shape index (κ1) is 17.9. The molecule has 1 unspecified atom stereocenters. The van der Waals surface area contributed by atoms with Gasteiger partial charge in [-0.15, -0.1) is 0 Å². The summed E-state index contributed by atoms with van der Waals surface area (Å²) in [6, 6.07) is 8.83. The molecule has 0 N–H and O–H groups in total. The van der Waals surface area contributed by atoms with Gasteiger partial charge in [0.05, 0.1) is 19.5 Å². The third-order valence-corrected chi connectivity index (χ3v) is 4.24. The second-order valence-electron chi connectivity index (χ2n) is 5.47. The molecule has 0 fully saturated rings. The minimum absolute atomic E-state index is 0.107. The summed E-state index contributed by atoms with van der Waals surface area (Å²) < 4.78 is 34.2. The van der Waals surface area contributed by atoms with Crippen LogP contribution in [0.1, 0.15) is 17.2 Å². The third kappa shape index (κ3) is 4.57. The molecule has 0 radical (unpaired) electrons. The Morgan fingerprint density at radius 1 is 1.08 bits per heavy atom. The fourth-order valence-electron chi connectivity index (χ4n) is 2.42. The Bertz CT molecular complexity index is 856. The summed E-state index contributed by atoms with van der Waals surface area (Å²) in [5, 5.41) is 0.999. The van der Waals surface area contributed by atoms with Crippen LogP contribution in [0.25, 0.3) is 0 Å². The van der Waals surface area contributed by atoms with Crippen LogP contribution < -0.4 is 0 Å². The summed E-state index contributed by atoms with van der Waals surface area (Å²) in [5.41, 5.74) is 1.28. The van der Waals surface area contributed by atoms with Gasteiger partial charge >= 0.3 is 0 Å². The van der Waals surface area contributed by atoms with Crippen LogP contribution in [-0.2, 0) is 17.9 Å². The van der Waals surface area contributed by atoms with Crippen molar-refractivity contribution in [2.45, 2.75) is 19.3 Å². The molecule has 0 aliphatic carbocycles. The van der Waals surface area contributed by atoms with E-state index < -0.39 is 17.7 Å². The van der Waals surface area contributed by atoms with Crippen LogP contribution in [-0.4, -0.2) is 9.55 Å². The lowest BCUT2D eigenvalue weighted by Crippen LogP contribution is -2.12. The Morgan fingerprint density at radius 2 is 1.92 bits per heavy atom. The van der Waals surface area contributed by atoms with Gasteiger partial charge in [-0.2, -0.15) is 0 Å². The molecule has 0 amide bonds. The van der Waals surface area contributed by atoms with Gasteiger partial charge in [0.25, 0.3) is 0 Å². The highest BCUT2D eigenvalue weighted by Crippen LogP contribution is 2.30. The topological polar surface area (TPSA) is 27.1 Å². The second kappa shape index (κ2) is 7.95. The maximum absolute atomic E-state index is 13.4. The van der Waals surface area contributed by atoms with Crippen LogP contribution in [0.3, 0.4) is 0 Å². The lowest BCUT2D eigenvalue weighted by atomic mass is 10.1. The highest BCUT2D eigenvalue weighted by atomic mass is 35.5. The van der Waals surface area contributed by atoms with Crippen molar-refractivity contribution in [3.63, 3.8) is 0 Å². The van der Waals surface area contributed by atoms with Crippen molar-refractivity contribution in [3.8, 4) is 0 Å². The zero-order valence-corrected chi connectivity index (χ0v) is 14.5. The lowest BCUT2D eigenvalue weighted by Gasteiger charge is -2.20. The van der Waals surface area contributed by atoms with Crippen LogP contribution in [0.5, 0.6) is 0 Å². The summed E-state index contributed by atoms with van der Waals surface area (Å²) in [6.07, 6.45) is 4.72. The molecule has 0 aliphatic rings. The molecule has 0 saturated carbocycles. The van der Waals surface area contributed by atoms with E-state index in [0.29, 0.717) is 22.2 Å². The van der Waals surface area contributed by atoms with Crippen LogP contribution in [0, 0.1) is 11.6 Å². The molecule has 7 heteroatoms. The summed E-state index contributed by atoms with van der Waals surface area (Å²) >= 11 is 12.2. The summed E-state index contributed by atoms with van der Waals surface area (Å²) in [6.45, 7) is 0.570. The summed E-state index contributed by atoms with van der Waals surface area (Å²) in [4.78, 5) is 4.01. The Hall–Kier alpha value is -1.95. The van der Waals surface area contributed by atoms with Gasteiger partial charge in [0, 0.05) is 28.0 Å². The largest absolute Gasteiger partial charge is 0.367 e. The maximum Gasteiger partial charge on any atom is 0.159 e. The number of hydrogen-bond donors (Lipinski definition) is 0. The zero-order chi connectivity index (χ0) is 17.8. The van der Waals surface area contributed by atoms with E-state index >= 15 is 0 Å². The first-order valence-corrected chi connectivity index (χ1v) is 8.25. The zero-order valence-electron chi connectivity index (χ0n) is 13.0. The number of hydrogen-bond acceptors (Lipinski definition) is 2. The van der Waals surface area contributed by atoms with Crippen LogP contribution in [0.4, 0.5) is 8.78 Å². The van der Waals surface area contributed by atoms with E-state index in [4.69, 9.17) is 27.9 Å². The first-order valence-electron chi connectivity index (χ1n) is 7.49. The van der Waals surface area contributed by atoms with Crippen molar-refractivity contribution in [1.29, 1.82) is 0 Å². The van der Waals surface area contributed by atoms with Crippen molar-refractivity contribution >= 4 is 23.2 Å². The number of benzene rings is 2. The monoisotopic (exact) mass is 382 g/mol. The fraction of sp³-hybridized carbons (Fsp3) is 0.167. The molecule has 25 heavy (non-hydrogen) atoms. The normalized spacial score (nSPS) is 12.3. The van der Waals surface area contributed by atoms with Gasteiger partial charge in [0.2, 0.25) is 0 Å². The quantitative estimate of drug-likeness (QED) is 0.568. The molecule has 130 valence electrons. The average Bonchev–Trinajstić information content (AvgIpc) is 3.08. The number of halogens is 4. The highest BCUT2D eigenvalue weighted by Gasteiger charge is 2.17. The van der Waals surface area contributed by atoms with Crippen molar-refractivity contribution in [1.82, 2.24) is 9.55 Å². The molecular weight excluding hydrogens is 369 g/mol. The summed E-state index contributed by atoms with van der Waals surface area (Å²) in [7, 11) is 0. The second-order valence-corrected chi connectivity index (χ2v) is 6.32. The number of rotatable bonds is 6. The SMILES string of the molecule is Fc1ccc(COC(Cn2ccnc2)c2ccc(Cl)cc2Cl)cc1F. The van der Waals surface area contributed by atoms with E-state index in [-0.39, 0.29) is 6.61 Å². The van der Waals surface area contributed by atoms with Crippen molar-refractivity contribution < 1.29 is 13.5 Å². The predicted octanol–water partition coefficient (Wildman–Crippen LogP) is 5.43. The molecule has 3 aromatic rings. The molecule has 0 aliphatic heterocycles. The van der Waals surface area contributed by atoms with Gasteiger partial charge in [0.15, 0.2) is 11.6 Å². The molecule has 0 spiro atoms. The fourth-order valence-corrected chi connectivity index (χ4v) is 2.95. The average molecular weight is 383 g/mol. The van der Waals surface area contributed by atoms with Gasteiger partial charge in [-0.1, -0.05) is 35.3 Å². The van der Waals surface area contributed by atoms with Gasteiger partial charge < -0.3 is 9.30 Å². The lowest BCUT2D eigenvalue weighted by molar-refractivity contribution is 0.0279. The van der Waals surface area contributed by atoms with Gasteiger partial charge in [-0.25, -0.2) is 13.8 Å². The number of aromatic nitrogens is 2. The molecule has 0 saturated heterocycles. The predicted molar refractivity (Wildman–Crippen MR) is 92.6 cm³/mol. The highest BCUT2D eigenvalue weighted by molar-refractivity contribution is 6.35. The van der Waals surface area contributed by atoms with Crippen LogP contribution in [0.2, 0.25) is 10.0 Å². The van der Waals surface area contributed by atoms with Crippen molar-refractivity contribution in [2.75, 3.05) is 0 Å². The van der Waals surface area contributed by atoms with Crippen molar-refractivity contribution in [3.05, 3.63) is 87.9 Å². The molecule has 1 atom stereocenters. The van der Waals surface area contributed by atoms with E-state index in [1.807, 2.05) is 4.57 Å². The smallest absolute Gasteiger partial charge is 0.159 e. The Morgan fingerprint density at radius 3 is 2.60 bits per heavy atom. The minimum Gasteiger partial charge on any atom is -0.367 e. The molecule has 0 bridgehead atoms. The molecule has 1 heterocycles. The molecule has 3 nitrogen and oxygen atoms in total. The molecule has 1 aromatic heterocycles. The number of imidazole rings is 1. The van der Waals surface area contributed by atoms with Crippen LogP contribution in [0.15, 0.2) is 55.1 Å². The van der Waals surface area contributed by atoms with E-state index in [2.05, 4.69) is 4.98 Å². The van der Waals surface area contributed by atoms with Crippen molar-refractivity contribution in [2.24, 2.45) is 0 Å². The van der Waals surface area contributed by atoms with Gasteiger partial charge in [-0.05, 0) is 29.8 Å². The Kier molecular flexibility index (Phi) is 5.68. The summed E-state index contributed by atoms with van der Waals surface area (Å²) in [5.74, 6) is -1.80. The third-order valence-electron chi connectivity index (χ3n) is 3.68. The van der Waals surface area contributed by atoms with Gasteiger partial charge in [-0.3, -0.25) is 0 Å². The minimum atomic E-state index is -0.906. The molecule has 3 rings (SSSR count). The molecule has 2 aromatic carbocycles. The Balaban J connectivity index is 1.81. The maximum atomic E-state index is 13.4. The van der Waals surface area contributed by atoms with E-state index in [9.17, 15) is 8.78 Å². The Labute approximate surface area is 153 Å². The van der Waals surface area contributed by atoms with Crippen LogP contribution >= 0.6 is 23.2 Å². The van der Waals surface area contributed by atoms with E-state index in [0.717, 1.165) is 17.7 Å². The van der Waals surface area contributed by atoms with E-state index in [1.54, 1.807) is 36.9 Å². The van der Waals surface area contributed by atoms with E-state index in [1.165, 1.54) is 6.07 Å². The standard InChI is InChI=1S/C18H14Cl2F2N2O/c19-13-2-3-14(15(20)8-13)18(9-24-6-5-23-11-24)25-10-12-1-4-16(21)17(22)7-12/h1-8,11,18H,9-10H2. The molecular formula is C18H14Cl2F2N2O. The number of ether oxygens (including phenoxy) is 1. The first-order chi connectivity index (χ1) is 12.0. The number of nitrogens with zero attached hydrogens (tertiary/aromatic N) is 2. The van der Waals surface area contributed by atoms with Gasteiger partial charge in [0.1, 0.15) is 6.10 Å².